The highest BCUT2D eigenvalue weighted by atomic mass is 16.5. The molecule has 2 heterocycles. The van der Waals surface area contributed by atoms with E-state index in [0.29, 0.717) is 0 Å². The molecule has 0 unspecified atom stereocenters. The standard InChI is InChI=1S/C13H23N3O/c1-4-8-11-12(14-15(2)13(11)17-3)16-9-6-5-7-10-16/h4-10H2,1-3H3. The zero-order valence-electron chi connectivity index (χ0n) is 11.2. The third-order valence-corrected chi connectivity index (χ3v) is 3.42. The van der Waals surface area contributed by atoms with Crippen LogP contribution in [0.3, 0.4) is 0 Å². The fourth-order valence-corrected chi connectivity index (χ4v) is 2.62. The van der Waals surface area contributed by atoms with Crippen LogP contribution in [0.1, 0.15) is 38.2 Å². The summed E-state index contributed by atoms with van der Waals surface area (Å²) in [6.45, 7) is 4.47. The van der Waals surface area contributed by atoms with Gasteiger partial charge in [0.05, 0.1) is 12.7 Å². The maximum absolute atomic E-state index is 5.47. The Labute approximate surface area is 104 Å². The molecule has 2 rings (SSSR count). The molecule has 0 atom stereocenters. The Morgan fingerprint density at radius 2 is 1.94 bits per heavy atom. The van der Waals surface area contributed by atoms with Crippen molar-refractivity contribution >= 4 is 5.82 Å². The van der Waals surface area contributed by atoms with E-state index in [1.54, 1.807) is 7.11 Å². The normalized spacial score (nSPS) is 16.3. The summed E-state index contributed by atoms with van der Waals surface area (Å²) in [7, 11) is 3.70. The number of ether oxygens (including phenoxy) is 1. The van der Waals surface area contributed by atoms with Crippen LogP contribution in [0.4, 0.5) is 5.82 Å². The van der Waals surface area contributed by atoms with E-state index in [9.17, 15) is 0 Å². The summed E-state index contributed by atoms with van der Waals surface area (Å²) in [6, 6.07) is 0. The Hall–Kier alpha value is -1.19. The molecule has 0 bridgehead atoms. The number of nitrogens with zero attached hydrogens (tertiary/aromatic N) is 3. The average molecular weight is 237 g/mol. The number of piperidine rings is 1. The summed E-state index contributed by atoms with van der Waals surface area (Å²) in [5, 5.41) is 4.64. The van der Waals surface area contributed by atoms with Gasteiger partial charge >= 0.3 is 0 Å². The van der Waals surface area contributed by atoms with Crippen molar-refractivity contribution in [2.45, 2.75) is 39.0 Å². The first-order chi connectivity index (χ1) is 8.27. The molecule has 1 aliphatic rings. The monoisotopic (exact) mass is 237 g/mol. The molecular formula is C13H23N3O. The Bertz CT molecular complexity index is 367. The molecular weight excluding hydrogens is 214 g/mol. The second-order valence-electron chi connectivity index (χ2n) is 4.73. The minimum atomic E-state index is 0.924. The first-order valence-corrected chi connectivity index (χ1v) is 6.62. The fourth-order valence-electron chi connectivity index (χ4n) is 2.62. The molecule has 0 N–H and O–H groups in total. The lowest BCUT2D eigenvalue weighted by Crippen LogP contribution is -2.30. The van der Waals surface area contributed by atoms with Crippen molar-refractivity contribution in [2.75, 3.05) is 25.1 Å². The van der Waals surface area contributed by atoms with Crippen molar-refractivity contribution in [1.29, 1.82) is 0 Å². The Morgan fingerprint density at radius 3 is 2.53 bits per heavy atom. The Balaban J connectivity index is 2.30. The Morgan fingerprint density at radius 1 is 1.24 bits per heavy atom. The van der Waals surface area contributed by atoms with Crippen LogP contribution in [0, 0.1) is 0 Å². The first kappa shape index (κ1) is 12.3. The minimum absolute atomic E-state index is 0.924. The van der Waals surface area contributed by atoms with E-state index in [4.69, 9.17) is 4.74 Å². The third kappa shape index (κ3) is 2.40. The van der Waals surface area contributed by atoms with Gasteiger partial charge in [-0.05, 0) is 25.7 Å². The van der Waals surface area contributed by atoms with Gasteiger partial charge < -0.3 is 9.64 Å². The summed E-state index contributed by atoms with van der Waals surface area (Å²) in [4.78, 5) is 2.41. The SMILES string of the molecule is CCCc1c(N2CCCCC2)nn(C)c1OC. The number of hydrogen-bond donors (Lipinski definition) is 0. The van der Waals surface area contributed by atoms with Crippen LogP contribution in [0.2, 0.25) is 0 Å². The van der Waals surface area contributed by atoms with Gasteiger partial charge in [0.15, 0.2) is 5.82 Å². The van der Waals surface area contributed by atoms with Crippen LogP contribution in [0.5, 0.6) is 5.88 Å². The van der Waals surface area contributed by atoms with Gasteiger partial charge in [-0.1, -0.05) is 13.3 Å². The van der Waals surface area contributed by atoms with E-state index >= 15 is 0 Å². The van der Waals surface area contributed by atoms with Crippen LogP contribution >= 0.6 is 0 Å². The van der Waals surface area contributed by atoms with Crippen LogP contribution in [-0.2, 0) is 13.5 Å². The zero-order valence-corrected chi connectivity index (χ0v) is 11.2. The number of hydrogen-bond acceptors (Lipinski definition) is 3. The van der Waals surface area contributed by atoms with E-state index in [0.717, 1.165) is 37.6 Å². The Kier molecular flexibility index (Phi) is 3.92. The lowest BCUT2D eigenvalue weighted by atomic mass is 10.1. The maximum atomic E-state index is 5.47. The van der Waals surface area contributed by atoms with E-state index in [1.807, 2.05) is 11.7 Å². The topological polar surface area (TPSA) is 30.3 Å². The second kappa shape index (κ2) is 5.43. The fraction of sp³-hybridized carbons (Fsp3) is 0.769. The molecule has 1 aromatic heterocycles. The molecule has 17 heavy (non-hydrogen) atoms. The van der Waals surface area contributed by atoms with Crippen molar-refractivity contribution in [3.05, 3.63) is 5.56 Å². The van der Waals surface area contributed by atoms with Crippen LogP contribution < -0.4 is 9.64 Å². The van der Waals surface area contributed by atoms with Gasteiger partial charge in [-0.25, -0.2) is 4.68 Å². The lowest BCUT2D eigenvalue weighted by molar-refractivity contribution is 0.369. The van der Waals surface area contributed by atoms with Crippen molar-refractivity contribution in [3.8, 4) is 5.88 Å². The molecule has 0 spiro atoms. The highest BCUT2D eigenvalue weighted by Crippen LogP contribution is 2.31. The zero-order chi connectivity index (χ0) is 12.3. The minimum Gasteiger partial charge on any atom is -0.481 e. The largest absolute Gasteiger partial charge is 0.481 e. The lowest BCUT2D eigenvalue weighted by Gasteiger charge is -2.27. The molecule has 4 heteroatoms. The molecule has 0 amide bonds. The number of aryl methyl sites for hydroxylation is 1. The number of rotatable bonds is 4. The van der Waals surface area contributed by atoms with Gasteiger partial charge in [-0.2, -0.15) is 5.10 Å². The quantitative estimate of drug-likeness (QED) is 0.805. The molecule has 96 valence electrons. The van der Waals surface area contributed by atoms with E-state index in [1.165, 1.54) is 24.8 Å². The summed E-state index contributed by atoms with van der Waals surface area (Å²) < 4.78 is 7.34. The summed E-state index contributed by atoms with van der Waals surface area (Å²) in [6.07, 6.45) is 6.09. The molecule has 1 fully saturated rings. The van der Waals surface area contributed by atoms with Gasteiger partial charge in [0, 0.05) is 20.1 Å². The molecule has 1 saturated heterocycles. The average Bonchev–Trinajstić information content (AvgIpc) is 2.67. The highest BCUT2D eigenvalue weighted by Gasteiger charge is 2.22. The highest BCUT2D eigenvalue weighted by molar-refractivity contribution is 5.52. The molecule has 0 radical (unpaired) electrons. The van der Waals surface area contributed by atoms with E-state index in [-0.39, 0.29) is 0 Å². The molecule has 4 nitrogen and oxygen atoms in total. The third-order valence-electron chi connectivity index (χ3n) is 3.42. The van der Waals surface area contributed by atoms with Crippen LogP contribution in [0.15, 0.2) is 0 Å². The van der Waals surface area contributed by atoms with Crippen molar-refractivity contribution in [1.82, 2.24) is 9.78 Å². The van der Waals surface area contributed by atoms with Gasteiger partial charge in [0.1, 0.15) is 0 Å². The molecule has 1 aromatic rings. The van der Waals surface area contributed by atoms with Crippen LogP contribution in [-0.4, -0.2) is 30.0 Å². The van der Waals surface area contributed by atoms with Gasteiger partial charge in [0.25, 0.3) is 0 Å². The van der Waals surface area contributed by atoms with Gasteiger partial charge in [-0.3, -0.25) is 0 Å². The predicted octanol–water partition coefficient (Wildman–Crippen LogP) is 2.37. The maximum Gasteiger partial charge on any atom is 0.216 e. The molecule has 0 aromatic carbocycles. The van der Waals surface area contributed by atoms with E-state index in [2.05, 4.69) is 16.9 Å². The first-order valence-electron chi connectivity index (χ1n) is 6.62. The summed E-state index contributed by atoms with van der Waals surface area (Å²) in [5.74, 6) is 2.07. The van der Waals surface area contributed by atoms with Gasteiger partial charge in [0.2, 0.25) is 5.88 Å². The van der Waals surface area contributed by atoms with Crippen LogP contribution in [0.25, 0.3) is 0 Å². The molecule has 1 aliphatic heterocycles. The van der Waals surface area contributed by atoms with Crippen molar-refractivity contribution in [2.24, 2.45) is 7.05 Å². The van der Waals surface area contributed by atoms with Gasteiger partial charge in [-0.15, -0.1) is 0 Å². The number of methoxy groups -OCH3 is 1. The van der Waals surface area contributed by atoms with E-state index < -0.39 is 0 Å². The van der Waals surface area contributed by atoms with Crippen molar-refractivity contribution in [3.63, 3.8) is 0 Å². The molecule has 0 aliphatic carbocycles. The second-order valence-corrected chi connectivity index (χ2v) is 4.73. The summed E-state index contributed by atoms with van der Waals surface area (Å²) in [5.41, 5.74) is 1.28. The molecule has 0 saturated carbocycles. The number of aromatic nitrogens is 2. The van der Waals surface area contributed by atoms with Crippen molar-refractivity contribution < 1.29 is 4.74 Å². The predicted molar refractivity (Wildman–Crippen MR) is 69.8 cm³/mol. The smallest absolute Gasteiger partial charge is 0.216 e. The number of anilines is 1. The summed E-state index contributed by atoms with van der Waals surface area (Å²) >= 11 is 0.